The van der Waals surface area contributed by atoms with E-state index in [2.05, 4.69) is 16.0 Å². The summed E-state index contributed by atoms with van der Waals surface area (Å²) in [6.45, 7) is 5.24. The number of piperidine rings is 1. The fourth-order valence-electron chi connectivity index (χ4n) is 4.71. The van der Waals surface area contributed by atoms with Gasteiger partial charge in [-0.25, -0.2) is 4.79 Å². The number of aryl methyl sites for hydroxylation is 2. The Morgan fingerprint density at radius 3 is 2.94 bits per heavy atom. The van der Waals surface area contributed by atoms with Crippen molar-refractivity contribution in [2.24, 2.45) is 0 Å². The van der Waals surface area contributed by atoms with Crippen molar-refractivity contribution in [1.29, 1.82) is 0 Å². The van der Waals surface area contributed by atoms with Gasteiger partial charge in [-0.2, -0.15) is 0 Å². The molecule has 0 spiro atoms. The van der Waals surface area contributed by atoms with Gasteiger partial charge in [-0.3, -0.25) is 14.7 Å². The van der Waals surface area contributed by atoms with Crippen LogP contribution in [0.2, 0.25) is 0 Å². The molecule has 1 aliphatic heterocycles. The number of pyridine rings is 1. The SMILES string of the molecule is CCOC(=O)CCc1cc2c(C)cc(=O)oc2c(CN2CCCC[C@H]2c2cccnc2)c1O. The highest BCUT2D eigenvalue weighted by atomic mass is 16.5. The van der Waals surface area contributed by atoms with Gasteiger partial charge in [-0.1, -0.05) is 12.5 Å². The smallest absolute Gasteiger partial charge is 0.336 e. The molecule has 3 aromatic rings. The van der Waals surface area contributed by atoms with Crippen molar-refractivity contribution in [3.63, 3.8) is 0 Å². The van der Waals surface area contributed by atoms with Gasteiger partial charge < -0.3 is 14.3 Å². The number of nitrogens with zero attached hydrogens (tertiary/aromatic N) is 2. The minimum Gasteiger partial charge on any atom is -0.507 e. The van der Waals surface area contributed by atoms with Crippen molar-refractivity contribution in [1.82, 2.24) is 9.88 Å². The number of ether oxygens (including phenoxy) is 1. The first kappa shape index (κ1) is 23.0. The number of phenols is 1. The van der Waals surface area contributed by atoms with Crippen LogP contribution in [0.3, 0.4) is 0 Å². The first-order chi connectivity index (χ1) is 16.0. The van der Waals surface area contributed by atoms with Gasteiger partial charge in [0.2, 0.25) is 0 Å². The van der Waals surface area contributed by atoms with Gasteiger partial charge in [0.05, 0.1) is 12.2 Å². The maximum Gasteiger partial charge on any atom is 0.336 e. The number of likely N-dealkylation sites (tertiary alicyclic amines) is 1. The molecule has 0 saturated carbocycles. The Labute approximate surface area is 193 Å². The van der Waals surface area contributed by atoms with E-state index in [4.69, 9.17) is 9.15 Å². The van der Waals surface area contributed by atoms with Crippen molar-refractivity contribution in [3.8, 4) is 5.75 Å². The first-order valence-corrected chi connectivity index (χ1v) is 11.6. The van der Waals surface area contributed by atoms with Crippen LogP contribution in [0.15, 0.2) is 45.9 Å². The standard InChI is InChI=1S/C26H30N2O5/c1-3-32-23(29)10-9-18-14-20-17(2)13-24(30)33-26(20)21(25(18)31)16-28-12-5-4-8-22(28)19-7-6-11-27-15-19/h6-7,11,13-15,22,31H,3-5,8-10,12,16H2,1-2H3/t22-/m0/s1. The van der Waals surface area contributed by atoms with Gasteiger partial charge in [-0.15, -0.1) is 0 Å². The van der Waals surface area contributed by atoms with Gasteiger partial charge in [0.1, 0.15) is 11.3 Å². The second-order valence-electron chi connectivity index (χ2n) is 8.56. The lowest BCUT2D eigenvalue weighted by Gasteiger charge is -2.36. The maximum absolute atomic E-state index is 12.2. The molecule has 7 heteroatoms. The fraction of sp³-hybridized carbons (Fsp3) is 0.423. The molecule has 1 fully saturated rings. The summed E-state index contributed by atoms with van der Waals surface area (Å²) in [5.74, 6) is -0.224. The second-order valence-corrected chi connectivity index (χ2v) is 8.56. The third-order valence-corrected chi connectivity index (χ3v) is 6.34. The highest BCUT2D eigenvalue weighted by Crippen LogP contribution is 2.38. The number of hydrogen-bond donors (Lipinski definition) is 1. The lowest BCUT2D eigenvalue weighted by Crippen LogP contribution is -2.33. The molecule has 1 atom stereocenters. The molecule has 1 aromatic carbocycles. The molecule has 0 aliphatic carbocycles. The summed E-state index contributed by atoms with van der Waals surface area (Å²) < 4.78 is 10.7. The van der Waals surface area contributed by atoms with Gasteiger partial charge in [0.25, 0.3) is 0 Å². The van der Waals surface area contributed by atoms with Crippen LogP contribution in [-0.2, 0) is 22.5 Å². The Balaban J connectivity index is 1.75. The van der Waals surface area contributed by atoms with E-state index < -0.39 is 5.63 Å². The van der Waals surface area contributed by atoms with E-state index in [9.17, 15) is 14.7 Å². The Bertz CT molecular complexity index is 1190. The number of hydrogen-bond acceptors (Lipinski definition) is 7. The van der Waals surface area contributed by atoms with E-state index in [1.807, 2.05) is 25.3 Å². The summed E-state index contributed by atoms with van der Waals surface area (Å²) in [7, 11) is 0. The van der Waals surface area contributed by atoms with Crippen molar-refractivity contribution < 1.29 is 19.1 Å². The summed E-state index contributed by atoms with van der Waals surface area (Å²) in [6.07, 6.45) is 7.34. The van der Waals surface area contributed by atoms with E-state index >= 15 is 0 Å². The summed E-state index contributed by atoms with van der Waals surface area (Å²) in [6, 6.07) is 7.46. The van der Waals surface area contributed by atoms with E-state index in [0.29, 0.717) is 36.3 Å². The van der Waals surface area contributed by atoms with Crippen molar-refractivity contribution in [2.75, 3.05) is 13.2 Å². The summed E-state index contributed by atoms with van der Waals surface area (Å²) >= 11 is 0. The molecule has 1 saturated heterocycles. The third kappa shape index (κ3) is 5.09. The molecule has 33 heavy (non-hydrogen) atoms. The molecule has 1 N–H and O–H groups in total. The minimum absolute atomic E-state index is 0.0797. The lowest BCUT2D eigenvalue weighted by molar-refractivity contribution is -0.143. The number of fused-ring (bicyclic) bond motifs is 1. The van der Waals surface area contributed by atoms with Crippen molar-refractivity contribution in [2.45, 2.75) is 58.5 Å². The van der Waals surface area contributed by atoms with Crippen LogP contribution >= 0.6 is 0 Å². The van der Waals surface area contributed by atoms with Crippen LogP contribution < -0.4 is 5.63 Å². The van der Waals surface area contributed by atoms with E-state index in [-0.39, 0.29) is 24.2 Å². The van der Waals surface area contributed by atoms with Gasteiger partial charge in [0, 0.05) is 42.9 Å². The zero-order chi connectivity index (χ0) is 23.4. The van der Waals surface area contributed by atoms with Crippen LogP contribution in [0.1, 0.15) is 60.9 Å². The number of aromatic hydroxyl groups is 1. The van der Waals surface area contributed by atoms with Crippen LogP contribution in [0.4, 0.5) is 0 Å². The third-order valence-electron chi connectivity index (χ3n) is 6.34. The normalized spacial score (nSPS) is 16.7. The maximum atomic E-state index is 12.2. The lowest BCUT2D eigenvalue weighted by atomic mass is 9.94. The molecule has 0 bridgehead atoms. The van der Waals surface area contributed by atoms with Crippen molar-refractivity contribution in [3.05, 3.63) is 69.3 Å². The highest BCUT2D eigenvalue weighted by Gasteiger charge is 2.27. The Morgan fingerprint density at radius 2 is 2.18 bits per heavy atom. The molecule has 7 nitrogen and oxygen atoms in total. The predicted molar refractivity (Wildman–Crippen MR) is 125 cm³/mol. The van der Waals surface area contributed by atoms with E-state index in [0.717, 1.165) is 42.3 Å². The average molecular weight is 451 g/mol. The summed E-state index contributed by atoms with van der Waals surface area (Å²) in [4.78, 5) is 30.7. The molecule has 174 valence electrons. The molecule has 0 amide bonds. The number of rotatable bonds is 7. The Kier molecular flexibility index (Phi) is 7.08. The number of esters is 1. The molecular formula is C26H30N2O5. The summed E-state index contributed by atoms with van der Waals surface area (Å²) in [5, 5.41) is 12.0. The second kappa shape index (κ2) is 10.2. The van der Waals surface area contributed by atoms with Crippen LogP contribution in [0.25, 0.3) is 11.0 Å². The molecule has 0 unspecified atom stereocenters. The predicted octanol–water partition coefficient (Wildman–Crippen LogP) is 4.42. The van der Waals surface area contributed by atoms with E-state index in [1.54, 1.807) is 13.1 Å². The van der Waals surface area contributed by atoms with Gasteiger partial charge in [-0.05, 0) is 68.5 Å². The van der Waals surface area contributed by atoms with Crippen LogP contribution in [0, 0.1) is 6.92 Å². The number of carbonyl (C=O) groups is 1. The Morgan fingerprint density at radius 1 is 1.33 bits per heavy atom. The highest BCUT2D eigenvalue weighted by molar-refractivity contribution is 5.86. The molecule has 4 rings (SSSR count). The molecule has 1 aliphatic rings. The zero-order valence-electron chi connectivity index (χ0n) is 19.2. The van der Waals surface area contributed by atoms with Gasteiger partial charge >= 0.3 is 11.6 Å². The number of phenolic OH excluding ortho intramolecular Hbond substituents is 1. The number of aromatic nitrogens is 1. The monoisotopic (exact) mass is 450 g/mol. The first-order valence-electron chi connectivity index (χ1n) is 11.6. The van der Waals surface area contributed by atoms with Gasteiger partial charge in [0.15, 0.2) is 0 Å². The average Bonchev–Trinajstić information content (AvgIpc) is 2.81. The number of carbonyl (C=O) groups excluding carboxylic acids is 1. The topological polar surface area (TPSA) is 92.9 Å². The quantitative estimate of drug-likeness (QED) is 0.421. The fourth-order valence-corrected chi connectivity index (χ4v) is 4.71. The van der Waals surface area contributed by atoms with Crippen molar-refractivity contribution >= 4 is 16.9 Å². The van der Waals surface area contributed by atoms with Crippen LogP contribution in [-0.4, -0.2) is 34.1 Å². The molecule has 0 radical (unpaired) electrons. The zero-order valence-corrected chi connectivity index (χ0v) is 19.2. The minimum atomic E-state index is -0.442. The van der Waals surface area contributed by atoms with E-state index in [1.165, 1.54) is 6.07 Å². The molecule has 3 heterocycles. The molecular weight excluding hydrogens is 420 g/mol. The number of benzene rings is 1. The van der Waals surface area contributed by atoms with Crippen LogP contribution in [0.5, 0.6) is 5.75 Å². The summed E-state index contributed by atoms with van der Waals surface area (Å²) in [5.41, 5.74) is 3.12. The largest absolute Gasteiger partial charge is 0.507 e. The molecule has 2 aromatic heterocycles. The Hall–Kier alpha value is -3.19.